The highest BCUT2D eigenvalue weighted by Gasteiger charge is 2.12. The van der Waals surface area contributed by atoms with Gasteiger partial charge < -0.3 is 4.90 Å². The minimum atomic E-state index is 0.675. The van der Waals surface area contributed by atoms with Crippen molar-refractivity contribution in [3.63, 3.8) is 0 Å². The normalized spacial score (nSPS) is 10.7. The van der Waals surface area contributed by atoms with Gasteiger partial charge in [-0.15, -0.1) is 0 Å². The Balaban J connectivity index is 1.64. The first-order valence-electron chi connectivity index (χ1n) is 10.3. The lowest BCUT2D eigenvalue weighted by molar-refractivity contribution is 1.26. The van der Waals surface area contributed by atoms with Crippen LogP contribution in [0.3, 0.4) is 0 Å². The third-order valence-electron chi connectivity index (χ3n) is 5.18. The van der Waals surface area contributed by atoms with E-state index in [0.717, 1.165) is 28.2 Å². The van der Waals surface area contributed by atoms with Gasteiger partial charge >= 0.3 is 0 Å². The first-order valence-corrected chi connectivity index (χ1v) is 10.3. The minimum Gasteiger partial charge on any atom is -0.310 e. The van der Waals surface area contributed by atoms with Crippen LogP contribution in [0.25, 0.3) is 12.2 Å². The van der Waals surface area contributed by atoms with Gasteiger partial charge in [0.15, 0.2) is 0 Å². The Morgan fingerprint density at radius 1 is 0.613 bits per heavy atom. The summed E-state index contributed by atoms with van der Waals surface area (Å²) in [6.07, 6.45) is 4.16. The van der Waals surface area contributed by atoms with Gasteiger partial charge in [-0.05, 0) is 84.6 Å². The second-order valence-corrected chi connectivity index (χ2v) is 7.67. The highest BCUT2D eigenvalue weighted by Crippen LogP contribution is 2.35. The summed E-state index contributed by atoms with van der Waals surface area (Å²) in [5.41, 5.74) is 8.75. The van der Waals surface area contributed by atoms with E-state index >= 15 is 0 Å². The number of rotatable bonds is 5. The van der Waals surface area contributed by atoms with E-state index in [1.807, 2.05) is 24.3 Å². The molecular weight excluding hydrogens is 376 g/mol. The second-order valence-electron chi connectivity index (χ2n) is 7.67. The predicted molar refractivity (Wildman–Crippen MR) is 131 cm³/mol. The van der Waals surface area contributed by atoms with Crippen molar-refractivity contribution in [1.82, 2.24) is 0 Å². The van der Waals surface area contributed by atoms with Crippen LogP contribution in [0.15, 0.2) is 97.1 Å². The molecular formula is C29H24N2. The van der Waals surface area contributed by atoms with Crippen LogP contribution in [0.5, 0.6) is 0 Å². The van der Waals surface area contributed by atoms with E-state index in [0.29, 0.717) is 5.56 Å². The third-order valence-corrected chi connectivity index (χ3v) is 5.18. The van der Waals surface area contributed by atoms with Crippen molar-refractivity contribution in [2.75, 3.05) is 4.90 Å². The first kappa shape index (κ1) is 20.2. The molecule has 0 aliphatic heterocycles. The molecule has 0 aromatic heterocycles. The van der Waals surface area contributed by atoms with E-state index in [4.69, 9.17) is 5.26 Å². The van der Waals surface area contributed by atoms with Gasteiger partial charge in [0, 0.05) is 17.1 Å². The fourth-order valence-electron chi connectivity index (χ4n) is 3.58. The number of benzene rings is 4. The van der Waals surface area contributed by atoms with E-state index in [1.54, 1.807) is 0 Å². The van der Waals surface area contributed by atoms with Crippen LogP contribution >= 0.6 is 0 Å². The Labute approximate surface area is 184 Å². The van der Waals surface area contributed by atoms with Gasteiger partial charge in [0.2, 0.25) is 0 Å². The Kier molecular flexibility index (Phi) is 5.96. The van der Waals surface area contributed by atoms with E-state index in [-0.39, 0.29) is 0 Å². The monoisotopic (exact) mass is 400 g/mol. The molecule has 0 bridgehead atoms. The van der Waals surface area contributed by atoms with Crippen LogP contribution in [-0.2, 0) is 0 Å². The van der Waals surface area contributed by atoms with Crippen LogP contribution in [0.1, 0.15) is 27.8 Å². The van der Waals surface area contributed by atoms with Crippen LogP contribution in [0, 0.1) is 25.2 Å². The van der Waals surface area contributed by atoms with Gasteiger partial charge in [-0.25, -0.2) is 0 Å². The summed E-state index contributed by atoms with van der Waals surface area (Å²) < 4.78 is 0. The Morgan fingerprint density at radius 2 is 1.10 bits per heavy atom. The van der Waals surface area contributed by atoms with Gasteiger partial charge in [-0.2, -0.15) is 5.26 Å². The summed E-state index contributed by atoms with van der Waals surface area (Å²) in [5, 5.41) is 8.93. The van der Waals surface area contributed by atoms with E-state index < -0.39 is 0 Å². The molecule has 0 amide bonds. The van der Waals surface area contributed by atoms with Gasteiger partial charge in [-0.1, -0.05) is 60.7 Å². The van der Waals surface area contributed by atoms with Gasteiger partial charge in [0.05, 0.1) is 11.6 Å². The molecule has 0 atom stereocenters. The highest BCUT2D eigenvalue weighted by molar-refractivity contribution is 5.78. The molecule has 0 unspecified atom stereocenters. The molecule has 0 saturated carbocycles. The maximum atomic E-state index is 8.93. The number of anilines is 3. The zero-order chi connectivity index (χ0) is 21.6. The average molecular weight is 401 g/mol. The van der Waals surface area contributed by atoms with E-state index in [2.05, 4.69) is 110 Å². The van der Waals surface area contributed by atoms with Crippen molar-refractivity contribution in [2.24, 2.45) is 0 Å². The van der Waals surface area contributed by atoms with Crippen molar-refractivity contribution in [2.45, 2.75) is 13.8 Å². The topological polar surface area (TPSA) is 27.0 Å². The van der Waals surface area contributed by atoms with Crippen molar-refractivity contribution in [3.8, 4) is 6.07 Å². The zero-order valence-electron chi connectivity index (χ0n) is 17.8. The van der Waals surface area contributed by atoms with Crippen molar-refractivity contribution in [3.05, 3.63) is 125 Å². The molecule has 0 heterocycles. The molecule has 0 N–H and O–H groups in total. The SMILES string of the molecule is Cc1cccc(N(c2ccc(C=Cc3ccc(C#N)cc3)cc2)c2cccc(C)c2)c1. The van der Waals surface area contributed by atoms with Crippen molar-refractivity contribution in [1.29, 1.82) is 5.26 Å². The molecule has 0 spiro atoms. The quantitative estimate of drug-likeness (QED) is 0.319. The number of nitriles is 1. The Bertz CT molecular complexity index is 1200. The molecule has 31 heavy (non-hydrogen) atoms. The molecule has 150 valence electrons. The molecule has 0 fully saturated rings. The lowest BCUT2D eigenvalue weighted by Gasteiger charge is -2.26. The maximum Gasteiger partial charge on any atom is 0.0991 e. The third kappa shape index (κ3) is 4.91. The van der Waals surface area contributed by atoms with Crippen LogP contribution in [-0.4, -0.2) is 0 Å². The average Bonchev–Trinajstić information content (AvgIpc) is 2.79. The molecule has 0 aliphatic carbocycles. The second kappa shape index (κ2) is 9.15. The van der Waals surface area contributed by atoms with E-state index in [9.17, 15) is 0 Å². The van der Waals surface area contributed by atoms with Crippen molar-refractivity contribution >= 4 is 29.2 Å². The molecule has 0 saturated heterocycles. The predicted octanol–water partition coefficient (Wildman–Crippen LogP) is 7.82. The number of hydrogen-bond donors (Lipinski definition) is 0. The van der Waals surface area contributed by atoms with E-state index in [1.165, 1.54) is 11.1 Å². The maximum absolute atomic E-state index is 8.93. The summed E-state index contributed by atoms with van der Waals surface area (Å²) in [7, 11) is 0. The smallest absolute Gasteiger partial charge is 0.0991 e. The van der Waals surface area contributed by atoms with Gasteiger partial charge in [0.25, 0.3) is 0 Å². The summed E-state index contributed by atoms with van der Waals surface area (Å²) in [4.78, 5) is 2.29. The largest absolute Gasteiger partial charge is 0.310 e. The van der Waals surface area contributed by atoms with Crippen molar-refractivity contribution < 1.29 is 0 Å². The lowest BCUT2D eigenvalue weighted by Crippen LogP contribution is -2.10. The minimum absolute atomic E-state index is 0.675. The molecule has 0 radical (unpaired) electrons. The summed E-state index contributed by atoms with van der Waals surface area (Å²) >= 11 is 0. The van der Waals surface area contributed by atoms with Crippen LogP contribution in [0.2, 0.25) is 0 Å². The molecule has 0 aliphatic rings. The summed E-state index contributed by atoms with van der Waals surface area (Å²) in [6.45, 7) is 4.24. The summed E-state index contributed by atoms with van der Waals surface area (Å²) in [6, 6.07) is 35.5. The number of aryl methyl sites for hydroxylation is 2. The van der Waals surface area contributed by atoms with Crippen LogP contribution in [0.4, 0.5) is 17.1 Å². The molecule has 2 nitrogen and oxygen atoms in total. The Hall–Kier alpha value is -4.09. The first-order chi connectivity index (χ1) is 15.1. The molecule has 2 heteroatoms. The standard InChI is InChI=1S/C29H24N2/c1-22-5-3-7-28(19-22)31(29-8-4-6-23(2)20-29)27-17-15-25(16-18-27)10-9-24-11-13-26(21-30)14-12-24/h3-20H,1-2H3. The molecule has 4 rings (SSSR count). The number of hydrogen-bond acceptors (Lipinski definition) is 2. The number of nitrogens with zero attached hydrogens (tertiary/aromatic N) is 2. The van der Waals surface area contributed by atoms with Crippen LogP contribution < -0.4 is 4.90 Å². The fourth-order valence-corrected chi connectivity index (χ4v) is 3.58. The van der Waals surface area contributed by atoms with Gasteiger partial charge in [-0.3, -0.25) is 0 Å². The lowest BCUT2D eigenvalue weighted by atomic mass is 10.1. The fraction of sp³-hybridized carbons (Fsp3) is 0.0690. The molecule has 4 aromatic rings. The Morgan fingerprint density at radius 3 is 1.55 bits per heavy atom. The highest BCUT2D eigenvalue weighted by atomic mass is 15.1. The van der Waals surface area contributed by atoms with Gasteiger partial charge in [0.1, 0.15) is 0 Å². The zero-order valence-corrected chi connectivity index (χ0v) is 17.8. The summed E-state index contributed by atoms with van der Waals surface area (Å²) in [5.74, 6) is 0. The molecule has 4 aromatic carbocycles.